The number of hydrogen-bond acceptors (Lipinski definition) is 3. The fourth-order valence-corrected chi connectivity index (χ4v) is 1.81. The molecule has 0 N–H and O–H groups in total. The zero-order valence-electron chi connectivity index (χ0n) is 10.2. The van der Waals surface area contributed by atoms with E-state index in [1.807, 2.05) is 27.7 Å². The van der Waals surface area contributed by atoms with Gasteiger partial charge >= 0.3 is 0 Å². The van der Waals surface area contributed by atoms with Gasteiger partial charge in [-0.1, -0.05) is 44.0 Å². The molecule has 0 spiro atoms. The van der Waals surface area contributed by atoms with Crippen LogP contribution in [0.5, 0.6) is 0 Å². The van der Waals surface area contributed by atoms with Gasteiger partial charge in [0.05, 0.1) is 0 Å². The van der Waals surface area contributed by atoms with E-state index in [2.05, 4.69) is 9.97 Å². The Morgan fingerprint density at radius 1 is 1.24 bits per heavy atom. The van der Waals surface area contributed by atoms with Crippen LogP contribution in [0.15, 0.2) is 0 Å². The average molecular weight is 281 g/mol. The van der Waals surface area contributed by atoms with E-state index in [1.165, 1.54) is 0 Å². The summed E-state index contributed by atoms with van der Waals surface area (Å²) in [4.78, 5) is 7.78. The minimum absolute atomic E-state index is 0.236. The van der Waals surface area contributed by atoms with Crippen LogP contribution in [-0.4, -0.2) is 16.6 Å². The summed E-state index contributed by atoms with van der Waals surface area (Å²) in [5, 5.41) is -0.567. The zero-order chi connectivity index (χ0) is 13.2. The Labute approximate surface area is 110 Å². The topological polar surface area (TPSA) is 35.0 Å². The first-order valence-electron chi connectivity index (χ1n) is 5.27. The molecule has 1 aromatic heterocycles. The second-order valence-corrected chi connectivity index (χ2v) is 5.39. The maximum Gasteiger partial charge on any atom is 0.197 e. The summed E-state index contributed by atoms with van der Waals surface area (Å²) in [5.41, 5.74) is -0.236. The first-order chi connectivity index (χ1) is 7.77. The SMILES string of the molecule is CCOC(c1nc(Cl)c(F)c(Cl)n1)C(C)(C)C. The van der Waals surface area contributed by atoms with Gasteiger partial charge in [-0.05, 0) is 12.3 Å². The summed E-state index contributed by atoms with van der Waals surface area (Å²) in [7, 11) is 0. The highest BCUT2D eigenvalue weighted by Gasteiger charge is 2.30. The predicted molar refractivity (Wildman–Crippen MR) is 65.8 cm³/mol. The Morgan fingerprint density at radius 3 is 2.06 bits per heavy atom. The molecule has 6 heteroatoms. The van der Waals surface area contributed by atoms with Crippen LogP contribution in [0.3, 0.4) is 0 Å². The van der Waals surface area contributed by atoms with E-state index < -0.39 is 5.82 Å². The summed E-state index contributed by atoms with van der Waals surface area (Å²) in [6, 6.07) is 0. The maximum atomic E-state index is 13.2. The molecular weight excluding hydrogens is 266 g/mol. The van der Waals surface area contributed by atoms with E-state index >= 15 is 0 Å². The molecule has 1 rings (SSSR count). The Kier molecular flexibility index (Phi) is 4.69. The average Bonchev–Trinajstić information content (AvgIpc) is 2.20. The van der Waals surface area contributed by atoms with Gasteiger partial charge in [0.1, 0.15) is 6.10 Å². The molecule has 0 saturated carbocycles. The molecule has 1 unspecified atom stereocenters. The summed E-state index contributed by atoms with van der Waals surface area (Å²) < 4.78 is 18.8. The Hall–Kier alpha value is -0.450. The van der Waals surface area contributed by atoms with Gasteiger partial charge in [-0.2, -0.15) is 0 Å². The Morgan fingerprint density at radius 2 is 1.71 bits per heavy atom. The number of rotatable bonds is 3. The van der Waals surface area contributed by atoms with Crippen LogP contribution in [0.2, 0.25) is 10.3 Å². The van der Waals surface area contributed by atoms with Crippen LogP contribution in [0.4, 0.5) is 4.39 Å². The summed E-state index contributed by atoms with van der Waals surface area (Å²) >= 11 is 11.3. The summed E-state index contributed by atoms with van der Waals surface area (Å²) in [6.07, 6.45) is -0.386. The first kappa shape index (κ1) is 14.6. The van der Waals surface area contributed by atoms with Gasteiger partial charge in [0.25, 0.3) is 0 Å². The number of hydrogen-bond donors (Lipinski definition) is 0. The van der Waals surface area contributed by atoms with Gasteiger partial charge in [-0.15, -0.1) is 0 Å². The first-order valence-corrected chi connectivity index (χ1v) is 6.03. The van der Waals surface area contributed by atoms with Crippen molar-refractivity contribution in [2.45, 2.75) is 33.8 Å². The van der Waals surface area contributed by atoms with E-state index in [0.717, 1.165) is 0 Å². The third kappa shape index (κ3) is 3.50. The van der Waals surface area contributed by atoms with Crippen LogP contribution in [0.1, 0.15) is 39.6 Å². The lowest BCUT2D eigenvalue weighted by Crippen LogP contribution is -2.24. The highest BCUT2D eigenvalue weighted by atomic mass is 35.5. The zero-order valence-corrected chi connectivity index (χ0v) is 11.7. The van der Waals surface area contributed by atoms with Crippen LogP contribution >= 0.6 is 23.2 Å². The number of nitrogens with zero attached hydrogens (tertiary/aromatic N) is 2. The summed E-state index contributed by atoms with van der Waals surface area (Å²) in [6.45, 7) is 8.29. The Bertz CT molecular complexity index is 384. The van der Waals surface area contributed by atoms with Crippen molar-refractivity contribution >= 4 is 23.2 Å². The fraction of sp³-hybridized carbons (Fsp3) is 0.636. The van der Waals surface area contributed by atoms with E-state index in [-0.39, 0.29) is 21.8 Å². The molecule has 96 valence electrons. The van der Waals surface area contributed by atoms with Crippen molar-refractivity contribution in [1.29, 1.82) is 0 Å². The van der Waals surface area contributed by atoms with E-state index in [4.69, 9.17) is 27.9 Å². The van der Waals surface area contributed by atoms with Crippen LogP contribution in [0.25, 0.3) is 0 Å². The van der Waals surface area contributed by atoms with Crippen molar-refractivity contribution in [3.8, 4) is 0 Å². The van der Waals surface area contributed by atoms with E-state index in [0.29, 0.717) is 12.4 Å². The molecule has 0 amide bonds. The van der Waals surface area contributed by atoms with Crippen molar-refractivity contribution < 1.29 is 9.13 Å². The third-order valence-corrected chi connectivity index (χ3v) is 2.64. The summed E-state index contributed by atoms with van der Waals surface area (Å²) in [5.74, 6) is -0.503. The molecule has 0 bridgehead atoms. The molecule has 1 heterocycles. The molecule has 0 aromatic carbocycles. The monoisotopic (exact) mass is 280 g/mol. The number of halogens is 3. The van der Waals surface area contributed by atoms with E-state index in [9.17, 15) is 4.39 Å². The van der Waals surface area contributed by atoms with Crippen LogP contribution < -0.4 is 0 Å². The van der Waals surface area contributed by atoms with Gasteiger partial charge in [0.2, 0.25) is 0 Å². The molecule has 3 nitrogen and oxygen atoms in total. The molecule has 0 aliphatic heterocycles. The maximum absolute atomic E-state index is 13.2. The molecule has 0 aliphatic carbocycles. The lowest BCUT2D eigenvalue weighted by Gasteiger charge is -2.29. The minimum Gasteiger partial charge on any atom is -0.370 e. The van der Waals surface area contributed by atoms with Crippen molar-refractivity contribution in [2.24, 2.45) is 5.41 Å². The Balaban J connectivity index is 3.20. The largest absolute Gasteiger partial charge is 0.370 e. The van der Waals surface area contributed by atoms with Gasteiger partial charge in [-0.3, -0.25) is 0 Å². The molecule has 17 heavy (non-hydrogen) atoms. The van der Waals surface area contributed by atoms with Crippen molar-refractivity contribution in [3.63, 3.8) is 0 Å². The second-order valence-electron chi connectivity index (χ2n) is 4.68. The molecule has 0 radical (unpaired) electrons. The van der Waals surface area contributed by atoms with E-state index in [1.54, 1.807) is 0 Å². The smallest absolute Gasteiger partial charge is 0.197 e. The molecule has 1 atom stereocenters. The molecule has 0 aliphatic rings. The minimum atomic E-state index is -0.804. The fourth-order valence-electron chi connectivity index (χ4n) is 1.41. The van der Waals surface area contributed by atoms with Crippen LogP contribution in [0, 0.1) is 11.2 Å². The lowest BCUT2D eigenvalue weighted by atomic mass is 9.88. The highest BCUT2D eigenvalue weighted by molar-refractivity contribution is 6.33. The molecule has 1 aromatic rings. The second kappa shape index (κ2) is 5.46. The van der Waals surface area contributed by atoms with Gasteiger partial charge < -0.3 is 4.74 Å². The van der Waals surface area contributed by atoms with Crippen molar-refractivity contribution in [2.75, 3.05) is 6.61 Å². The van der Waals surface area contributed by atoms with Gasteiger partial charge in [0.15, 0.2) is 21.9 Å². The standard InChI is InChI=1S/C11H15Cl2FN2O/c1-5-17-7(11(2,3)4)10-15-8(12)6(14)9(13)16-10/h7H,5H2,1-4H3. The van der Waals surface area contributed by atoms with Crippen molar-refractivity contribution in [3.05, 3.63) is 21.9 Å². The number of ether oxygens (including phenoxy) is 1. The third-order valence-electron chi connectivity index (χ3n) is 2.14. The predicted octanol–water partition coefficient (Wildman–Crippen LogP) is 4.05. The highest BCUT2D eigenvalue weighted by Crippen LogP contribution is 2.35. The normalized spacial score (nSPS) is 13.8. The quantitative estimate of drug-likeness (QED) is 0.784. The number of aromatic nitrogens is 2. The molecule has 0 saturated heterocycles. The van der Waals surface area contributed by atoms with Crippen molar-refractivity contribution in [1.82, 2.24) is 9.97 Å². The van der Waals surface area contributed by atoms with Crippen LogP contribution in [-0.2, 0) is 4.74 Å². The lowest BCUT2D eigenvalue weighted by molar-refractivity contribution is -0.0192. The molecular formula is C11H15Cl2FN2O. The van der Waals surface area contributed by atoms with Gasteiger partial charge in [-0.25, -0.2) is 14.4 Å². The van der Waals surface area contributed by atoms with Gasteiger partial charge in [0, 0.05) is 6.61 Å². The molecule has 0 fully saturated rings.